The van der Waals surface area contributed by atoms with E-state index in [0.717, 1.165) is 5.56 Å². The van der Waals surface area contributed by atoms with Gasteiger partial charge < -0.3 is 4.90 Å². The van der Waals surface area contributed by atoms with E-state index in [1.165, 1.54) is 12.1 Å². The first kappa shape index (κ1) is 18.4. The van der Waals surface area contributed by atoms with Crippen LogP contribution in [0, 0.1) is 0 Å². The maximum atomic E-state index is 12.1. The maximum Gasteiger partial charge on any atom is 0.240 e. The molecule has 1 amide bonds. The third kappa shape index (κ3) is 5.33. The molecule has 0 fully saturated rings. The second-order valence-corrected chi connectivity index (χ2v) is 7.54. The van der Waals surface area contributed by atoms with Gasteiger partial charge in [-0.05, 0) is 29.8 Å². The van der Waals surface area contributed by atoms with Crippen molar-refractivity contribution >= 4 is 27.5 Å². The highest BCUT2D eigenvalue weighted by Gasteiger charge is 2.15. The summed E-state index contributed by atoms with van der Waals surface area (Å²) in [7, 11) is -1.91. The molecule has 0 saturated heterocycles. The summed E-state index contributed by atoms with van der Waals surface area (Å²) < 4.78 is 26.6. The Kier molecular flexibility index (Phi) is 6.36. The molecule has 0 aliphatic carbocycles. The number of benzene rings is 2. The zero-order valence-electron chi connectivity index (χ0n) is 13.3. The Morgan fingerprint density at radius 2 is 1.83 bits per heavy atom. The minimum Gasteiger partial charge on any atom is -0.341 e. The van der Waals surface area contributed by atoms with Gasteiger partial charge in [0.1, 0.15) is 0 Å². The Bertz CT molecular complexity index is 794. The standard InChI is InChI=1S/C17H19ClN2O3S/c1-20(13-14-6-5-7-15(18)12-14)17(21)10-11-19-24(22,23)16-8-3-2-4-9-16/h2-9,12,19H,10-11,13H2,1H3. The van der Waals surface area contributed by atoms with Crippen molar-refractivity contribution in [1.29, 1.82) is 0 Å². The number of carbonyl (C=O) groups excluding carboxylic acids is 1. The predicted molar refractivity (Wildman–Crippen MR) is 94.2 cm³/mol. The summed E-state index contributed by atoms with van der Waals surface area (Å²) in [5.74, 6) is -0.147. The molecule has 0 bridgehead atoms. The molecular formula is C17H19ClN2O3S. The fourth-order valence-electron chi connectivity index (χ4n) is 2.16. The monoisotopic (exact) mass is 366 g/mol. The lowest BCUT2D eigenvalue weighted by atomic mass is 10.2. The van der Waals surface area contributed by atoms with Crippen molar-refractivity contribution in [3.8, 4) is 0 Å². The van der Waals surface area contributed by atoms with E-state index in [2.05, 4.69) is 4.72 Å². The van der Waals surface area contributed by atoms with Gasteiger partial charge in [-0.15, -0.1) is 0 Å². The van der Waals surface area contributed by atoms with Gasteiger partial charge in [-0.3, -0.25) is 4.79 Å². The molecule has 0 radical (unpaired) electrons. The molecule has 0 aliphatic rings. The summed E-state index contributed by atoms with van der Waals surface area (Å²) in [6.45, 7) is 0.473. The van der Waals surface area contributed by atoms with Gasteiger partial charge in [-0.25, -0.2) is 13.1 Å². The van der Waals surface area contributed by atoms with Gasteiger partial charge in [0.25, 0.3) is 0 Å². The highest BCUT2D eigenvalue weighted by atomic mass is 35.5. The molecule has 24 heavy (non-hydrogen) atoms. The van der Waals surface area contributed by atoms with Crippen molar-refractivity contribution in [1.82, 2.24) is 9.62 Å². The second-order valence-electron chi connectivity index (χ2n) is 5.34. The Hall–Kier alpha value is -1.89. The van der Waals surface area contributed by atoms with E-state index >= 15 is 0 Å². The maximum absolute atomic E-state index is 12.1. The van der Waals surface area contributed by atoms with Crippen LogP contribution in [-0.4, -0.2) is 32.8 Å². The first-order valence-corrected chi connectivity index (χ1v) is 9.28. The summed E-state index contributed by atoms with van der Waals surface area (Å²) in [5.41, 5.74) is 0.920. The van der Waals surface area contributed by atoms with Crippen LogP contribution in [0.15, 0.2) is 59.5 Å². The number of hydrogen-bond donors (Lipinski definition) is 1. The molecule has 5 nitrogen and oxygen atoms in total. The topological polar surface area (TPSA) is 66.5 Å². The van der Waals surface area contributed by atoms with Gasteiger partial charge in [0.05, 0.1) is 4.90 Å². The van der Waals surface area contributed by atoms with E-state index < -0.39 is 10.0 Å². The lowest BCUT2D eigenvalue weighted by Crippen LogP contribution is -2.31. The molecule has 128 valence electrons. The van der Waals surface area contributed by atoms with E-state index in [9.17, 15) is 13.2 Å². The number of amides is 1. The van der Waals surface area contributed by atoms with Crippen molar-refractivity contribution in [2.24, 2.45) is 0 Å². The average Bonchev–Trinajstić information content (AvgIpc) is 2.55. The number of halogens is 1. The molecule has 1 N–H and O–H groups in total. The Morgan fingerprint density at radius 1 is 1.12 bits per heavy atom. The fraction of sp³-hybridized carbons (Fsp3) is 0.235. The van der Waals surface area contributed by atoms with E-state index in [1.54, 1.807) is 42.3 Å². The SMILES string of the molecule is CN(Cc1cccc(Cl)c1)C(=O)CCNS(=O)(=O)c1ccccc1. The molecule has 0 saturated carbocycles. The molecule has 0 heterocycles. The quantitative estimate of drug-likeness (QED) is 0.819. The van der Waals surface area contributed by atoms with Crippen molar-refractivity contribution < 1.29 is 13.2 Å². The van der Waals surface area contributed by atoms with Crippen molar-refractivity contribution in [2.45, 2.75) is 17.9 Å². The summed E-state index contributed by atoms with van der Waals surface area (Å²) >= 11 is 5.92. The molecule has 2 aromatic rings. The number of nitrogens with one attached hydrogen (secondary N) is 1. The van der Waals surface area contributed by atoms with Gasteiger partial charge in [0.2, 0.25) is 15.9 Å². The van der Waals surface area contributed by atoms with Gasteiger partial charge in [0.15, 0.2) is 0 Å². The predicted octanol–water partition coefficient (Wildman–Crippen LogP) is 2.67. The van der Waals surface area contributed by atoms with Crippen LogP contribution >= 0.6 is 11.6 Å². The van der Waals surface area contributed by atoms with E-state index in [0.29, 0.717) is 11.6 Å². The molecule has 7 heteroatoms. The Labute approximate surface area is 147 Å². The molecule has 2 rings (SSSR count). The highest BCUT2D eigenvalue weighted by molar-refractivity contribution is 7.89. The lowest BCUT2D eigenvalue weighted by Gasteiger charge is -2.17. The normalized spacial score (nSPS) is 11.2. The zero-order chi connectivity index (χ0) is 17.6. The highest BCUT2D eigenvalue weighted by Crippen LogP contribution is 2.12. The smallest absolute Gasteiger partial charge is 0.240 e. The van der Waals surface area contributed by atoms with Crippen molar-refractivity contribution in [3.05, 3.63) is 65.2 Å². The van der Waals surface area contributed by atoms with E-state index in [4.69, 9.17) is 11.6 Å². The van der Waals surface area contributed by atoms with Crippen LogP contribution in [-0.2, 0) is 21.4 Å². The zero-order valence-corrected chi connectivity index (χ0v) is 14.8. The fourth-order valence-corrected chi connectivity index (χ4v) is 3.43. The third-order valence-electron chi connectivity index (χ3n) is 3.42. The number of carbonyl (C=O) groups is 1. The van der Waals surface area contributed by atoms with Crippen LogP contribution in [0.2, 0.25) is 5.02 Å². The number of sulfonamides is 1. The van der Waals surface area contributed by atoms with Gasteiger partial charge in [-0.2, -0.15) is 0 Å². The number of hydrogen-bond acceptors (Lipinski definition) is 3. The van der Waals surface area contributed by atoms with Crippen molar-refractivity contribution in [2.75, 3.05) is 13.6 Å². The van der Waals surface area contributed by atoms with Crippen molar-refractivity contribution in [3.63, 3.8) is 0 Å². The molecule has 0 spiro atoms. The first-order valence-electron chi connectivity index (χ1n) is 7.41. The summed E-state index contributed by atoms with van der Waals surface area (Å²) in [4.78, 5) is 13.8. The molecule has 0 atom stereocenters. The van der Waals surface area contributed by atoms with Gasteiger partial charge >= 0.3 is 0 Å². The van der Waals surface area contributed by atoms with E-state index in [1.807, 2.05) is 12.1 Å². The van der Waals surface area contributed by atoms with Crippen LogP contribution in [0.1, 0.15) is 12.0 Å². The molecule has 0 unspecified atom stereocenters. The largest absolute Gasteiger partial charge is 0.341 e. The minimum absolute atomic E-state index is 0.0515. The third-order valence-corrected chi connectivity index (χ3v) is 5.13. The van der Waals surface area contributed by atoms with Crippen LogP contribution < -0.4 is 4.72 Å². The Balaban J connectivity index is 1.84. The van der Waals surface area contributed by atoms with E-state index in [-0.39, 0.29) is 23.8 Å². The van der Waals surface area contributed by atoms with Crippen LogP contribution in [0.25, 0.3) is 0 Å². The number of nitrogens with zero attached hydrogens (tertiary/aromatic N) is 1. The first-order chi connectivity index (χ1) is 11.4. The van der Waals surface area contributed by atoms with Gasteiger partial charge in [0, 0.05) is 31.6 Å². The second kappa shape index (κ2) is 8.28. The summed E-state index contributed by atoms with van der Waals surface area (Å²) in [6.07, 6.45) is 0.0864. The molecule has 0 aromatic heterocycles. The average molecular weight is 367 g/mol. The molecule has 0 aliphatic heterocycles. The van der Waals surface area contributed by atoms with Crippen LogP contribution in [0.5, 0.6) is 0 Å². The van der Waals surface area contributed by atoms with Crippen LogP contribution in [0.3, 0.4) is 0 Å². The Morgan fingerprint density at radius 3 is 2.50 bits per heavy atom. The summed E-state index contributed by atoms with van der Waals surface area (Å²) in [6, 6.07) is 15.3. The minimum atomic E-state index is -3.58. The molecular weight excluding hydrogens is 348 g/mol. The van der Waals surface area contributed by atoms with Gasteiger partial charge in [-0.1, -0.05) is 41.9 Å². The van der Waals surface area contributed by atoms with Crippen LogP contribution in [0.4, 0.5) is 0 Å². The number of rotatable bonds is 7. The summed E-state index contributed by atoms with van der Waals surface area (Å²) in [5, 5.41) is 0.615. The molecule has 2 aromatic carbocycles. The lowest BCUT2D eigenvalue weighted by molar-refractivity contribution is -0.130.